The summed E-state index contributed by atoms with van der Waals surface area (Å²) in [4.78, 5) is 22.0. The SMILES string of the molecule is COC(=O)C(Cc1ccccc1)SCC(=O)O. The summed E-state index contributed by atoms with van der Waals surface area (Å²) in [6, 6.07) is 9.45. The number of methoxy groups -OCH3 is 1. The van der Waals surface area contributed by atoms with Crippen LogP contribution >= 0.6 is 11.8 Å². The van der Waals surface area contributed by atoms with Crippen molar-refractivity contribution in [1.82, 2.24) is 0 Å². The van der Waals surface area contributed by atoms with E-state index in [0.29, 0.717) is 6.42 Å². The van der Waals surface area contributed by atoms with Gasteiger partial charge in [0.1, 0.15) is 5.25 Å². The first kappa shape index (κ1) is 13.6. The largest absolute Gasteiger partial charge is 0.481 e. The van der Waals surface area contributed by atoms with Gasteiger partial charge in [0.2, 0.25) is 0 Å². The highest BCUT2D eigenvalue weighted by atomic mass is 32.2. The molecule has 0 aliphatic rings. The van der Waals surface area contributed by atoms with Gasteiger partial charge in [-0.2, -0.15) is 0 Å². The molecule has 0 spiro atoms. The Morgan fingerprint density at radius 1 is 1.35 bits per heavy atom. The standard InChI is InChI=1S/C12H14O4S/c1-16-12(15)10(17-8-11(13)14)7-9-5-3-2-4-6-9/h2-6,10H,7-8H2,1H3,(H,13,14). The lowest BCUT2D eigenvalue weighted by atomic mass is 10.1. The molecule has 5 heteroatoms. The van der Waals surface area contributed by atoms with Gasteiger partial charge in [0.25, 0.3) is 0 Å². The molecule has 0 aliphatic heterocycles. The predicted molar refractivity (Wildman–Crippen MR) is 66.0 cm³/mol. The monoisotopic (exact) mass is 254 g/mol. The molecule has 1 aromatic carbocycles. The average molecular weight is 254 g/mol. The van der Waals surface area contributed by atoms with Gasteiger partial charge in [-0.3, -0.25) is 9.59 Å². The van der Waals surface area contributed by atoms with Crippen LogP contribution in [0.15, 0.2) is 30.3 Å². The maximum atomic E-state index is 11.5. The Balaban J connectivity index is 2.63. The Hall–Kier alpha value is -1.49. The minimum atomic E-state index is -0.933. The van der Waals surface area contributed by atoms with Crippen molar-refractivity contribution in [3.8, 4) is 0 Å². The molecule has 1 N–H and O–H groups in total. The maximum Gasteiger partial charge on any atom is 0.319 e. The number of carbonyl (C=O) groups is 2. The number of rotatable bonds is 6. The fourth-order valence-corrected chi connectivity index (χ4v) is 2.23. The molecule has 0 radical (unpaired) electrons. The minimum Gasteiger partial charge on any atom is -0.481 e. The molecule has 4 nitrogen and oxygen atoms in total. The van der Waals surface area contributed by atoms with Gasteiger partial charge in [-0.25, -0.2) is 0 Å². The van der Waals surface area contributed by atoms with Gasteiger partial charge >= 0.3 is 11.9 Å². The van der Waals surface area contributed by atoms with Crippen LogP contribution in [0.3, 0.4) is 0 Å². The molecule has 0 saturated carbocycles. The van der Waals surface area contributed by atoms with Gasteiger partial charge in [0.05, 0.1) is 12.9 Å². The van der Waals surface area contributed by atoms with Crippen molar-refractivity contribution >= 4 is 23.7 Å². The topological polar surface area (TPSA) is 63.6 Å². The molecule has 0 heterocycles. The molecule has 0 aliphatic carbocycles. The minimum absolute atomic E-state index is 0.105. The van der Waals surface area contributed by atoms with Crippen LogP contribution in [-0.4, -0.2) is 35.2 Å². The highest BCUT2D eigenvalue weighted by Crippen LogP contribution is 2.17. The summed E-state index contributed by atoms with van der Waals surface area (Å²) in [6.45, 7) is 0. The van der Waals surface area contributed by atoms with Crippen LogP contribution in [0.2, 0.25) is 0 Å². The third-order valence-electron chi connectivity index (χ3n) is 2.14. The van der Waals surface area contributed by atoms with Crippen molar-refractivity contribution in [3.05, 3.63) is 35.9 Å². The molecule has 1 unspecified atom stereocenters. The van der Waals surface area contributed by atoms with Crippen LogP contribution in [0.5, 0.6) is 0 Å². The fourth-order valence-electron chi connectivity index (χ4n) is 1.34. The van der Waals surface area contributed by atoms with Crippen LogP contribution in [-0.2, 0) is 20.7 Å². The normalized spacial score (nSPS) is 11.8. The second kappa shape index (κ2) is 6.96. The van der Waals surface area contributed by atoms with Crippen LogP contribution in [0.4, 0.5) is 0 Å². The molecule has 1 rings (SSSR count). The van der Waals surface area contributed by atoms with Gasteiger partial charge in [-0.05, 0) is 12.0 Å². The van der Waals surface area contributed by atoms with Gasteiger partial charge in [0.15, 0.2) is 0 Å². The van der Waals surface area contributed by atoms with E-state index in [9.17, 15) is 9.59 Å². The number of carboxylic acid groups (broad SMARTS) is 1. The molecule has 1 atom stereocenters. The summed E-state index contributed by atoms with van der Waals surface area (Å²) >= 11 is 1.08. The van der Waals surface area contributed by atoms with E-state index in [1.807, 2.05) is 30.3 Å². The van der Waals surface area contributed by atoms with Crippen molar-refractivity contribution in [1.29, 1.82) is 0 Å². The summed E-state index contributed by atoms with van der Waals surface area (Å²) in [5.74, 6) is -1.43. The van der Waals surface area contributed by atoms with E-state index in [-0.39, 0.29) is 11.7 Å². The van der Waals surface area contributed by atoms with Crippen LogP contribution < -0.4 is 0 Å². The highest BCUT2D eigenvalue weighted by molar-refractivity contribution is 8.01. The summed E-state index contributed by atoms with van der Waals surface area (Å²) in [5.41, 5.74) is 0.987. The smallest absolute Gasteiger partial charge is 0.319 e. The Morgan fingerprint density at radius 2 is 2.00 bits per heavy atom. The van der Waals surface area contributed by atoms with Crippen molar-refractivity contribution in [2.24, 2.45) is 0 Å². The van der Waals surface area contributed by atoms with E-state index in [1.54, 1.807) is 0 Å². The lowest BCUT2D eigenvalue weighted by Crippen LogP contribution is -2.23. The molecule has 92 valence electrons. The summed E-state index contributed by atoms with van der Waals surface area (Å²) in [6.07, 6.45) is 0.478. The fraction of sp³-hybridized carbons (Fsp3) is 0.333. The Kier molecular flexibility index (Phi) is 5.56. The van der Waals surface area contributed by atoms with E-state index in [2.05, 4.69) is 4.74 Å². The molecule has 0 saturated heterocycles. The van der Waals surface area contributed by atoms with E-state index in [0.717, 1.165) is 17.3 Å². The van der Waals surface area contributed by atoms with Gasteiger partial charge in [-0.1, -0.05) is 30.3 Å². The predicted octanol–water partition coefficient (Wildman–Crippen LogP) is 1.59. The first-order valence-electron chi connectivity index (χ1n) is 5.08. The molecule has 1 aromatic rings. The lowest BCUT2D eigenvalue weighted by molar-refractivity contribution is -0.139. The van der Waals surface area contributed by atoms with E-state index in [4.69, 9.17) is 5.11 Å². The number of hydrogen-bond acceptors (Lipinski definition) is 4. The summed E-state index contributed by atoms with van der Waals surface area (Å²) in [7, 11) is 1.31. The van der Waals surface area contributed by atoms with Crippen molar-refractivity contribution in [3.63, 3.8) is 0 Å². The van der Waals surface area contributed by atoms with Crippen molar-refractivity contribution < 1.29 is 19.4 Å². The van der Waals surface area contributed by atoms with Crippen LogP contribution in [0.25, 0.3) is 0 Å². The number of carboxylic acids is 1. The molecule has 0 amide bonds. The Bertz CT molecular complexity index is 377. The number of aliphatic carboxylic acids is 1. The van der Waals surface area contributed by atoms with Gasteiger partial charge in [-0.15, -0.1) is 11.8 Å². The van der Waals surface area contributed by atoms with Gasteiger partial charge < -0.3 is 9.84 Å². The quantitative estimate of drug-likeness (QED) is 0.781. The molecular formula is C12H14O4S. The number of thioether (sulfide) groups is 1. The number of carbonyl (C=O) groups excluding carboxylic acids is 1. The van der Waals surface area contributed by atoms with E-state index < -0.39 is 11.2 Å². The van der Waals surface area contributed by atoms with Crippen molar-refractivity contribution in [2.75, 3.05) is 12.9 Å². The molecular weight excluding hydrogens is 240 g/mol. The average Bonchev–Trinajstić information content (AvgIpc) is 2.34. The molecule has 0 bridgehead atoms. The third kappa shape index (κ3) is 4.91. The number of ether oxygens (including phenoxy) is 1. The Labute approximate surface area is 104 Å². The lowest BCUT2D eigenvalue weighted by Gasteiger charge is -2.13. The molecule has 0 aromatic heterocycles. The summed E-state index contributed by atoms with van der Waals surface area (Å²) < 4.78 is 4.66. The van der Waals surface area contributed by atoms with Gasteiger partial charge in [0, 0.05) is 0 Å². The molecule has 17 heavy (non-hydrogen) atoms. The van der Waals surface area contributed by atoms with Crippen LogP contribution in [0.1, 0.15) is 5.56 Å². The second-order valence-corrected chi connectivity index (χ2v) is 4.60. The zero-order valence-electron chi connectivity index (χ0n) is 9.46. The first-order chi connectivity index (χ1) is 8.13. The molecule has 0 fully saturated rings. The zero-order chi connectivity index (χ0) is 12.7. The second-order valence-electron chi connectivity index (χ2n) is 3.41. The van der Waals surface area contributed by atoms with E-state index in [1.165, 1.54) is 7.11 Å². The maximum absolute atomic E-state index is 11.5. The summed E-state index contributed by atoms with van der Waals surface area (Å²) in [5, 5.41) is 8.14. The number of hydrogen-bond donors (Lipinski definition) is 1. The first-order valence-corrected chi connectivity index (χ1v) is 6.13. The van der Waals surface area contributed by atoms with Crippen LogP contribution in [0, 0.1) is 0 Å². The third-order valence-corrected chi connectivity index (χ3v) is 3.31. The number of esters is 1. The Morgan fingerprint density at radius 3 is 2.53 bits per heavy atom. The van der Waals surface area contributed by atoms with Crippen molar-refractivity contribution in [2.45, 2.75) is 11.7 Å². The highest BCUT2D eigenvalue weighted by Gasteiger charge is 2.21. The van der Waals surface area contributed by atoms with E-state index >= 15 is 0 Å². The zero-order valence-corrected chi connectivity index (χ0v) is 10.3. The number of benzene rings is 1.